The van der Waals surface area contributed by atoms with Crippen molar-refractivity contribution in [1.29, 1.82) is 0 Å². The summed E-state index contributed by atoms with van der Waals surface area (Å²) in [5.41, 5.74) is 6.69. The number of aromatic amines is 1. The third kappa shape index (κ3) is 3.58. The molecular weight excluding hydrogens is 383 g/mol. The molecule has 3 N–H and O–H groups in total. The fourth-order valence-corrected chi connectivity index (χ4v) is 3.93. The molecule has 1 aliphatic rings. The Morgan fingerprint density at radius 2 is 2.07 bits per heavy atom. The van der Waals surface area contributed by atoms with Gasteiger partial charge in [-0.05, 0) is 37.1 Å². The number of fused-ring (bicyclic) bond motifs is 3. The SMILES string of the molecule is C[C@@H]1N[C@H](C(=O)N/N=C/c2ccc(Cl)cc2Cl)Cc2c1[nH]c1ccccc21. The maximum Gasteiger partial charge on any atom is 0.257 e. The van der Waals surface area contributed by atoms with Gasteiger partial charge in [0.05, 0.1) is 17.3 Å². The number of para-hydroxylation sites is 1. The van der Waals surface area contributed by atoms with Crippen molar-refractivity contribution in [2.24, 2.45) is 5.10 Å². The van der Waals surface area contributed by atoms with Crippen molar-refractivity contribution in [3.05, 3.63) is 69.3 Å². The summed E-state index contributed by atoms with van der Waals surface area (Å²) in [4.78, 5) is 16.0. The van der Waals surface area contributed by atoms with Gasteiger partial charge in [-0.25, -0.2) is 5.43 Å². The maximum atomic E-state index is 12.6. The summed E-state index contributed by atoms with van der Waals surface area (Å²) < 4.78 is 0. The average Bonchev–Trinajstić information content (AvgIpc) is 3.03. The molecule has 3 aromatic rings. The van der Waals surface area contributed by atoms with E-state index in [0.29, 0.717) is 22.0 Å². The van der Waals surface area contributed by atoms with Crippen LogP contribution in [0.25, 0.3) is 10.9 Å². The molecule has 27 heavy (non-hydrogen) atoms. The summed E-state index contributed by atoms with van der Waals surface area (Å²) in [6.45, 7) is 2.05. The number of benzene rings is 2. The monoisotopic (exact) mass is 400 g/mol. The molecule has 1 aliphatic heterocycles. The first kappa shape index (κ1) is 18.0. The Morgan fingerprint density at radius 1 is 1.26 bits per heavy atom. The fourth-order valence-electron chi connectivity index (χ4n) is 3.48. The van der Waals surface area contributed by atoms with E-state index in [1.54, 1.807) is 18.2 Å². The highest BCUT2D eigenvalue weighted by atomic mass is 35.5. The number of aromatic nitrogens is 1. The molecular formula is C20H18Cl2N4O. The molecule has 0 spiro atoms. The van der Waals surface area contributed by atoms with E-state index in [-0.39, 0.29) is 18.0 Å². The van der Waals surface area contributed by atoms with Crippen LogP contribution in [0.3, 0.4) is 0 Å². The number of carbonyl (C=O) groups excluding carboxylic acids is 1. The molecule has 0 aliphatic carbocycles. The summed E-state index contributed by atoms with van der Waals surface area (Å²) in [6.07, 6.45) is 2.12. The first-order valence-corrected chi connectivity index (χ1v) is 9.42. The molecule has 0 saturated carbocycles. The Morgan fingerprint density at radius 3 is 2.89 bits per heavy atom. The first-order chi connectivity index (χ1) is 13.0. The minimum atomic E-state index is -0.357. The van der Waals surface area contributed by atoms with E-state index in [9.17, 15) is 4.79 Å². The summed E-state index contributed by atoms with van der Waals surface area (Å²) in [5.74, 6) is -0.181. The lowest BCUT2D eigenvalue weighted by Crippen LogP contribution is -2.47. The van der Waals surface area contributed by atoms with Crippen LogP contribution in [-0.2, 0) is 11.2 Å². The quantitative estimate of drug-likeness (QED) is 0.455. The largest absolute Gasteiger partial charge is 0.357 e. The van der Waals surface area contributed by atoms with E-state index < -0.39 is 0 Å². The highest BCUT2D eigenvalue weighted by Gasteiger charge is 2.30. The van der Waals surface area contributed by atoms with Crippen LogP contribution in [0.5, 0.6) is 0 Å². The Balaban J connectivity index is 1.49. The minimum Gasteiger partial charge on any atom is -0.357 e. The maximum absolute atomic E-state index is 12.6. The van der Waals surface area contributed by atoms with Crippen LogP contribution in [0.2, 0.25) is 10.0 Å². The van der Waals surface area contributed by atoms with E-state index in [2.05, 4.69) is 33.0 Å². The lowest BCUT2D eigenvalue weighted by molar-refractivity contribution is -0.123. The predicted octanol–water partition coefficient (Wildman–Crippen LogP) is 4.20. The number of nitrogens with one attached hydrogen (secondary N) is 3. The summed E-state index contributed by atoms with van der Waals surface area (Å²) in [5, 5.41) is 9.57. The second-order valence-corrected chi connectivity index (χ2v) is 7.45. The summed E-state index contributed by atoms with van der Waals surface area (Å²) >= 11 is 12.0. The second kappa shape index (κ2) is 7.35. The van der Waals surface area contributed by atoms with Gasteiger partial charge in [0.25, 0.3) is 5.91 Å². The zero-order valence-electron chi connectivity index (χ0n) is 14.6. The molecule has 0 saturated heterocycles. The van der Waals surface area contributed by atoms with Gasteiger partial charge in [-0.2, -0.15) is 5.10 Å². The number of halogens is 2. The number of rotatable bonds is 3. The molecule has 2 heterocycles. The van der Waals surface area contributed by atoms with E-state index in [1.807, 2.05) is 19.1 Å². The lowest BCUT2D eigenvalue weighted by Gasteiger charge is -2.27. The van der Waals surface area contributed by atoms with Gasteiger partial charge in [0, 0.05) is 33.2 Å². The standard InChI is InChI=1S/C20H18Cl2N4O/c1-11-19-15(14-4-2-3-5-17(14)25-19)9-18(24-11)20(27)26-23-10-12-6-7-13(21)8-16(12)22/h2-8,10-11,18,24-25H,9H2,1H3,(H,26,27)/b23-10+/t11-,18-/m0/s1. The number of hydrazone groups is 1. The van der Waals surface area contributed by atoms with Crippen molar-refractivity contribution in [3.63, 3.8) is 0 Å². The number of amides is 1. The third-order valence-electron chi connectivity index (χ3n) is 4.80. The second-order valence-electron chi connectivity index (χ2n) is 6.61. The van der Waals surface area contributed by atoms with Gasteiger partial charge < -0.3 is 4.98 Å². The smallest absolute Gasteiger partial charge is 0.257 e. The minimum absolute atomic E-state index is 0.0478. The van der Waals surface area contributed by atoms with Crippen molar-refractivity contribution in [2.75, 3.05) is 0 Å². The van der Waals surface area contributed by atoms with E-state index in [4.69, 9.17) is 23.2 Å². The molecule has 4 rings (SSSR count). The number of hydrogen-bond acceptors (Lipinski definition) is 3. The van der Waals surface area contributed by atoms with Crippen molar-refractivity contribution in [2.45, 2.75) is 25.4 Å². The van der Waals surface area contributed by atoms with E-state index >= 15 is 0 Å². The zero-order chi connectivity index (χ0) is 19.0. The molecule has 2 atom stereocenters. The van der Waals surface area contributed by atoms with Crippen LogP contribution in [0.4, 0.5) is 0 Å². The number of nitrogens with zero attached hydrogens (tertiary/aromatic N) is 1. The van der Waals surface area contributed by atoms with Gasteiger partial charge in [-0.15, -0.1) is 0 Å². The van der Waals surface area contributed by atoms with Crippen molar-refractivity contribution in [3.8, 4) is 0 Å². The normalized spacial score (nSPS) is 19.4. The predicted molar refractivity (Wildman–Crippen MR) is 110 cm³/mol. The average molecular weight is 401 g/mol. The molecule has 7 heteroatoms. The molecule has 0 radical (unpaired) electrons. The molecule has 138 valence electrons. The van der Waals surface area contributed by atoms with E-state index in [1.165, 1.54) is 11.8 Å². The van der Waals surface area contributed by atoms with Crippen LogP contribution >= 0.6 is 23.2 Å². The Kier molecular flexibility index (Phi) is 4.91. The first-order valence-electron chi connectivity index (χ1n) is 8.66. The van der Waals surface area contributed by atoms with Gasteiger partial charge in [0.15, 0.2) is 0 Å². The van der Waals surface area contributed by atoms with Gasteiger partial charge >= 0.3 is 0 Å². The highest BCUT2D eigenvalue weighted by molar-refractivity contribution is 6.36. The van der Waals surface area contributed by atoms with E-state index in [0.717, 1.165) is 16.6 Å². The molecule has 2 aromatic carbocycles. The molecule has 0 fully saturated rings. The Bertz CT molecular complexity index is 1040. The molecule has 0 bridgehead atoms. The molecule has 1 aromatic heterocycles. The highest BCUT2D eigenvalue weighted by Crippen LogP contribution is 2.31. The number of H-pyrrole nitrogens is 1. The van der Waals surface area contributed by atoms with Crippen LogP contribution in [0.1, 0.15) is 29.8 Å². The Labute approximate surface area is 166 Å². The van der Waals surface area contributed by atoms with Gasteiger partial charge in [-0.1, -0.05) is 47.5 Å². The van der Waals surface area contributed by atoms with Crippen LogP contribution in [0.15, 0.2) is 47.6 Å². The Hall–Kier alpha value is -2.34. The number of hydrogen-bond donors (Lipinski definition) is 3. The van der Waals surface area contributed by atoms with Gasteiger partial charge in [0.1, 0.15) is 0 Å². The van der Waals surface area contributed by atoms with Crippen LogP contribution < -0.4 is 10.7 Å². The van der Waals surface area contributed by atoms with Crippen molar-refractivity contribution >= 4 is 46.2 Å². The molecule has 0 unspecified atom stereocenters. The van der Waals surface area contributed by atoms with Gasteiger partial charge in [0.2, 0.25) is 0 Å². The van der Waals surface area contributed by atoms with Crippen LogP contribution in [0, 0.1) is 0 Å². The summed E-state index contributed by atoms with van der Waals surface area (Å²) in [7, 11) is 0. The fraction of sp³-hybridized carbons (Fsp3) is 0.200. The van der Waals surface area contributed by atoms with Crippen molar-refractivity contribution < 1.29 is 4.79 Å². The summed E-state index contributed by atoms with van der Waals surface area (Å²) in [6, 6.07) is 12.9. The van der Waals surface area contributed by atoms with Gasteiger partial charge in [-0.3, -0.25) is 10.1 Å². The third-order valence-corrected chi connectivity index (χ3v) is 5.36. The lowest BCUT2D eigenvalue weighted by atomic mass is 9.94. The molecule has 1 amide bonds. The number of carbonyl (C=O) groups is 1. The topological polar surface area (TPSA) is 69.3 Å². The zero-order valence-corrected chi connectivity index (χ0v) is 16.1. The molecule has 5 nitrogen and oxygen atoms in total. The van der Waals surface area contributed by atoms with Crippen molar-refractivity contribution in [1.82, 2.24) is 15.7 Å². The van der Waals surface area contributed by atoms with Crippen LogP contribution in [-0.4, -0.2) is 23.1 Å².